The summed E-state index contributed by atoms with van der Waals surface area (Å²) in [6.45, 7) is 6.60. The Labute approximate surface area is 96.1 Å². The van der Waals surface area contributed by atoms with E-state index in [-0.39, 0.29) is 17.9 Å². The van der Waals surface area contributed by atoms with E-state index < -0.39 is 11.9 Å². The fraction of sp³-hybridized carbons (Fsp3) is 0.818. The minimum atomic E-state index is -0.581. The molecule has 0 spiro atoms. The second-order valence-corrected chi connectivity index (χ2v) is 4.83. The van der Waals surface area contributed by atoms with Crippen molar-refractivity contribution in [1.29, 1.82) is 0 Å². The fourth-order valence-electron chi connectivity index (χ4n) is 1.99. The maximum Gasteiger partial charge on any atom is 0.240 e. The fourth-order valence-corrected chi connectivity index (χ4v) is 1.99. The molecule has 1 rings (SSSR count). The van der Waals surface area contributed by atoms with Crippen LogP contribution in [0.5, 0.6) is 0 Å². The minimum Gasteiger partial charge on any atom is -0.368 e. The summed E-state index contributed by atoms with van der Waals surface area (Å²) in [6.07, 6.45) is 0.987. The first-order valence-corrected chi connectivity index (χ1v) is 5.76. The van der Waals surface area contributed by atoms with Gasteiger partial charge < -0.3 is 16.4 Å². The molecule has 5 heteroatoms. The number of primary amides is 1. The lowest BCUT2D eigenvalue weighted by atomic mass is 10.00. The van der Waals surface area contributed by atoms with Crippen molar-refractivity contribution in [3.63, 3.8) is 0 Å². The molecule has 5 nitrogen and oxygen atoms in total. The van der Waals surface area contributed by atoms with Crippen LogP contribution in [-0.2, 0) is 9.59 Å². The highest BCUT2D eigenvalue weighted by Crippen LogP contribution is 2.15. The Morgan fingerprint density at radius 1 is 1.44 bits per heavy atom. The van der Waals surface area contributed by atoms with E-state index in [1.807, 2.05) is 20.8 Å². The molecule has 1 fully saturated rings. The molecule has 0 aliphatic carbocycles. The highest BCUT2D eigenvalue weighted by molar-refractivity contribution is 5.89. The number of nitrogens with one attached hydrogen (secondary N) is 2. The zero-order chi connectivity index (χ0) is 12.3. The van der Waals surface area contributed by atoms with Crippen LogP contribution >= 0.6 is 0 Å². The second kappa shape index (κ2) is 5.30. The van der Waals surface area contributed by atoms with Gasteiger partial charge in [0.25, 0.3) is 0 Å². The number of hydrogen-bond acceptors (Lipinski definition) is 3. The van der Waals surface area contributed by atoms with Crippen molar-refractivity contribution in [2.75, 3.05) is 6.54 Å². The van der Waals surface area contributed by atoms with Crippen molar-refractivity contribution < 1.29 is 9.59 Å². The third-order valence-electron chi connectivity index (χ3n) is 3.09. The zero-order valence-corrected chi connectivity index (χ0v) is 10.1. The van der Waals surface area contributed by atoms with Gasteiger partial charge in [-0.2, -0.15) is 0 Å². The Bertz CT molecular complexity index is 278. The highest BCUT2D eigenvalue weighted by Gasteiger charge is 2.32. The van der Waals surface area contributed by atoms with Gasteiger partial charge in [-0.25, -0.2) is 0 Å². The van der Waals surface area contributed by atoms with Crippen molar-refractivity contribution in [3.05, 3.63) is 0 Å². The normalized spacial score (nSPS) is 26.8. The number of nitrogens with two attached hydrogens (primary N) is 1. The van der Waals surface area contributed by atoms with Crippen molar-refractivity contribution in [3.8, 4) is 0 Å². The minimum absolute atomic E-state index is 0.0122. The lowest BCUT2D eigenvalue weighted by molar-refractivity contribution is -0.129. The summed E-state index contributed by atoms with van der Waals surface area (Å²) in [4.78, 5) is 23.1. The second-order valence-electron chi connectivity index (χ2n) is 4.83. The molecule has 1 heterocycles. The molecule has 4 N–H and O–H groups in total. The third-order valence-corrected chi connectivity index (χ3v) is 3.09. The van der Waals surface area contributed by atoms with Gasteiger partial charge in [0.15, 0.2) is 0 Å². The first kappa shape index (κ1) is 13.0. The molecule has 3 atom stereocenters. The van der Waals surface area contributed by atoms with E-state index in [4.69, 9.17) is 5.73 Å². The van der Waals surface area contributed by atoms with Crippen molar-refractivity contribution >= 4 is 11.8 Å². The lowest BCUT2D eigenvalue weighted by Crippen LogP contribution is -2.53. The van der Waals surface area contributed by atoms with Gasteiger partial charge in [0.2, 0.25) is 11.8 Å². The summed E-state index contributed by atoms with van der Waals surface area (Å²) >= 11 is 0. The largest absolute Gasteiger partial charge is 0.368 e. The zero-order valence-electron chi connectivity index (χ0n) is 10.1. The SMILES string of the molecule is CC(C)C(NC(=O)C1NCCC1C)C(N)=O. The van der Waals surface area contributed by atoms with Crippen molar-refractivity contribution in [1.82, 2.24) is 10.6 Å². The Balaban J connectivity index is 2.58. The highest BCUT2D eigenvalue weighted by atomic mass is 16.2. The summed E-state index contributed by atoms with van der Waals surface area (Å²) in [5, 5.41) is 5.84. The molecule has 1 aliphatic heterocycles. The molecule has 0 saturated carbocycles. The third kappa shape index (κ3) is 2.95. The average Bonchev–Trinajstić information content (AvgIpc) is 2.59. The monoisotopic (exact) mass is 227 g/mol. The molecule has 0 aromatic rings. The smallest absolute Gasteiger partial charge is 0.240 e. The number of carbonyl (C=O) groups is 2. The Morgan fingerprint density at radius 2 is 2.06 bits per heavy atom. The van der Waals surface area contributed by atoms with Crippen LogP contribution in [0, 0.1) is 11.8 Å². The molecular weight excluding hydrogens is 206 g/mol. The average molecular weight is 227 g/mol. The first-order valence-electron chi connectivity index (χ1n) is 5.76. The Morgan fingerprint density at radius 3 is 2.44 bits per heavy atom. The molecule has 1 aliphatic rings. The predicted octanol–water partition coefficient (Wildman–Crippen LogP) is -0.389. The van der Waals surface area contributed by atoms with E-state index >= 15 is 0 Å². The Kier molecular flexibility index (Phi) is 4.29. The van der Waals surface area contributed by atoms with Crippen molar-refractivity contribution in [2.24, 2.45) is 17.6 Å². The number of rotatable bonds is 4. The summed E-state index contributed by atoms with van der Waals surface area (Å²) in [6, 6.07) is -0.775. The summed E-state index contributed by atoms with van der Waals surface area (Å²) in [5.41, 5.74) is 5.25. The van der Waals surface area contributed by atoms with Crippen molar-refractivity contribution in [2.45, 2.75) is 39.3 Å². The first-order chi connectivity index (χ1) is 7.43. The topological polar surface area (TPSA) is 84.2 Å². The number of carbonyl (C=O) groups excluding carboxylic acids is 2. The van der Waals surface area contributed by atoms with Crippen LogP contribution in [0.3, 0.4) is 0 Å². The van der Waals surface area contributed by atoms with Gasteiger partial charge in [-0.1, -0.05) is 20.8 Å². The van der Waals surface area contributed by atoms with Gasteiger partial charge in [0.05, 0.1) is 6.04 Å². The molecule has 16 heavy (non-hydrogen) atoms. The van der Waals surface area contributed by atoms with E-state index in [2.05, 4.69) is 10.6 Å². The van der Waals surface area contributed by atoms with Gasteiger partial charge in [0, 0.05) is 0 Å². The quantitative estimate of drug-likeness (QED) is 0.611. The number of hydrogen-bond donors (Lipinski definition) is 3. The van der Waals surface area contributed by atoms with Gasteiger partial charge in [0.1, 0.15) is 6.04 Å². The van der Waals surface area contributed by atoms with Crippen LogP contribution in [0.2, 0.25) is 0 Å². The van der Waals surface area contributed by atoms with Gasteiger partial charge in [-0.05, 0) is 24.8 Å². The van der Waals surface area contributed by atoms with E-state index in [9.17, 15) is 9.59 Å². The van der Waals surface area contributed by atoms with Crippen LogP contribution in [0.15, 0.2) is 0 Å². The van der Waals surface area contributed by atoms with Gasteiger partial charge in [-0.3, -0.25) is 9.59 Å². The van der Waals surface area contributed by atoms with Crippen LogP contribution in [-0.4, -0.2) is 30.4 Å². The van der Waals surface area contributed by atoms with E-state index in [0.29, 0.717) is 5.92 Å². The molecule has 0 aromatic carbocycles. The maximum atomic E-state index is 11.9. The molecule has 0 radical (unpaired) electrons. The summed E-state index contributed by atoms with van der Waals surface area (Å²) < 4.78 is 0. The van der Waals surface area contributed by atoms with E-state index in [1.165, 1.54) is 0 Å². The molecular formula is C11H21N3O2. The molecule has 3 unspecified atom stereocenters. The van der Waals surface area contributed by atoms with Crippen LogP contribution in [0.25, 0.3) is 0 Å². The van der Waals surface area contributed by atoms with E-state index in [0.717, 1.165) is 13.0 Å². The Hall–Kier alpha value is -1.10. The molecule has 2 amide bonds. The van der Waals surface area contributed by atoms with Gasteiger partial charge >= 0.3 is 0 Å². The molecule has 0 bridgehead atoms. The van der Waals surface area contributed by atoms with Gasteiger partial charge in [-0.15, -0.1) is 0 Å². The molecule has 0 aromatic heterocycles. The van der Waals surface area contributed by atoms with Crippen LogP contribution < -0.4 is 16.4 Å². The summed E-state index contributed by atoms with van der Waals surface area (Å²) in [7, 11) is 0. The van der Waals surface area contributed by atoms with E-state index in [1.54, 1.807) is 0 Å². The number of amides is 2. The molecule has 92 valence electrons. The summed E-state index contributed by atoms with van der Waals surface area (Å²) in [5.74, 6) is -0.282. The maximum absolute atomic E-state index is 11.9. The van der Waals surface area contributed by atoms with Crippen LogP contribution in [0.4, 0.5) is 0 Å². The van der Waals surface area contributed by atoms with Crippen LogP contribution in [0.1, 0.15) is 27.2 Å². The lowest BCUT2D eigenvalue weighted by Gasteiger charge is -2.22. The predicted molar refractivity (Wildman–Crippen MR) is 61.5 cm³/mol. The molecule has 1 saturated heterocycles. The standard InChI is InChI=1S/C11H21N3O2/c1-6(2)8(10(12)15)14-11(16)9-7(3)4-5-13-9/h6-9,13H,4-5H2,1-3H3,(H2,12,15)(H,14,16).